The van der Waals surface area contributed by atoms with Crippen LogP contribution in [0, 0.1) is 0 Å². The molecule has 0 bridgehead atoms. The maximum absolute atomic E-state index is 5.87. The molecule has 82 valence electrons. The van der Waals surface area contributed by atoms with Crippen LogP contribution in [0.1, 0.15) is 12.8 Å². The summed E-state index contributed by atoms with van der Waals surface area (Å²) in [6, 6.07) is 5.60. The SMILES string of the molecule is Clc1ccc(O[C@H]2CCCNC2)c(Br)c1. The Balaban J connectivity index is 2.03. The molecular formula is C11H13BrClNO. The van der Waals surface area contributed by atoms with Gasteiger partial charge in [-0.3, -0.25) is 0 Å². The van der Waals surface area contributed by atoms with Gasteiger partial charge in [-0.25, -0.2) is 0 Å². The molecule has 1 fully saturated rings. The Morgan fingerprint density at radius 2 is 2.33 bits per heavy atom. The van der Waals surface area contributed by atoms with Crippen LogP contribution in [-0.2, 0) is 0 Å². The van der Waals surface area contributed by atoms with Crippen molar-refractivity contribution < 1.29 is 4.74 Å². The highest BCUT2D eigenvalue weighted by Crippen LogP contribution is 2.29. The minimum absolute atomic E-state index is 0.274. The molecule has 0 aliphatic carbocycles. The average molecular weight is 291 g/mol. The van der Waals surface area contributed by atoms with E-state index in [1.807, 2.05) is 18.2 Å². The van der Waals surface area contributed by atoms with E-state index in [1.54, 1.807) is 0 Å². The van der Waals surface area contributed by atoms with Crippen molar-refractivity contribution in [1.29, 1.82) is 0 Å². The third-order valence-corrected chi connectivity index (χ3v) is 3.29. The summed E-state index contributed by atoms with van der Waals surface area (Å²) in [5.74, 6) is 0.869. The third kappa shape index (κ3) is 3.10. The Kier molecular flexibility index (Phi) is 3.89. The van der Waals surface area contributed by atoms with E-state index < -0.39 is 0 Å². The van der Waals surface area contributed by atoms with E-state index >= 15 is 0 Å². The zero-order valence-electron chi connectivity index (χ0n) is 8.30. The summed E-state index contributed by atoms with van der Waals surface area (Å²) >= 11 is 9.31. The van der Waals surface area contributed by atoms with Crippen molar-refractivity contribution in [3.63, 3.8) is 0 Å². The van der Waals surface area contributed by atoms with Crippen LogP contribution in [0.3, 0.4) is 0 Å². The highest BCUT2D eigenvalue weighted by Gasteiger charge is 2.15. The van der Waals surface area contributed by atoms with E-state index in [0.717, 1.165) is 34.8 Å². The summed E-state index contributed by atoms with van der Waals surface area (Å²) in [6.45, 7) is 2.02. The summed E-state index contributed by atoms with van der Waals surface area (Å²) in [7, 11) is 0. The molecule has 2 nitrogen and oxygen atoms in total. The van der Waals surface area contributed by atoms with Crippen LogP contribution in [0.2, 0.25) is 5.02 Å². The number of hydrogen-bond donors (Lipinski definition) is 1. The molecule has 0 radical (unpaired) electrons. The van der Waals surface area contributed by atoms with Crippen molar-refractivity contribution in [1.82, 2.24) is 5.32 Å². The third-order valence-electron chi connectivity index (χ3n) is 2.44. The molecule has 1 saturated heterocycles. The number of rotatable bonds is 2. The molecule has 0 saturated carbocycles. The summed E-state index contributed by atoms with van der Waals surface area (Å²) in [5, 5.41) is 4.04. The molecule has 1 aromatic carbocycles. The topological polar surface area (TPSA) is 21.3 Å². The van der Waals surface area contributed by atoms with Gasteiger partial charge >= 0.3 is 0 Å². The fraction of sp³-hybridized carbons (Fsp3) is 0.455. The minimum atomic E-state index is 0.274. The molecule has 0 spiro atoms. The van der Waals surface area contributed by atoms with Crippen molar-refractivity contribution >= 4 is 27.5 Å². The molecule has 1 atom stereocenters. The second-order valence-electron chi connectivity index (χ2n) is 3.66. The molecular weight excluding hydrogens is 277 g/mol. The van der Waals surface area contributed by atoms with E-state index in [0.29, 0.717) is 0 Å². The smallest absolute Gasteiger partial charge is 0.134 e. The standard InChI is InChI=1S/C11H13BrClNO/c12-10-6-8(13)3-4-11(10)15-9-2-1-5-14-7-9/h3-4,6,9,14H,1-2,5,7H2/t9-/m0/s1. The van der Waals surface area contributed by atoms with Crippen molar-refractivity contribution in [2.45, 2.75) is 18.9 Å². The predicted molar refractivity (Wildman–Crippen MR) is 65.7 cm³/mol. The molecule has 0 amide bonds. The fourth-order valence-electron chi connectivity index (χ4n) is 1.67. The van der Waals surface area contributed by atoms with E-state index in [1.165, 1.54) is 6.42 Å². The first kappa shape index (κ1) is 11.2. The minimum Gasteiger partial charge on any atom is -0.488 e. The first-order chi connectivity index (χ1) is 7.25. The van der Waals surface area contributed by atoms with Gasteiger partial charge in [0, 0.05) is 11.6 Å². The number of benzene rings is 1. The largest absolute Gasteiger partial charge is 0.488 e. The van der Waals surface area contributed by atoms with Crippen LogP contribution in [0.5, 0.6) is 5.75 Å². The van der Waals surface area contributed by atoms with Crippen molar-refractivity contribution in [2.75, 3.05) is 13.1 Å². The Morgan fingerprint density at radius 1 is 1.47 bits per heavy atom. The summed E-state index contributed by atoms with van der Waals surface area (Å²) < 4.78 is 6.79. The van der Waals surface area contributed by atoms with Crippen LogP contribution in [0.4, 0.5) is 0 Å². The average Bonchev–Trinajstić information content (AvgIpc) is 2.24. The number of piperidine rings is 1. The van der Waals surface area contributed by atoms with Gasteiger partial charge in [-0.15, -0.1) is 0 Å². The lowest BCUT2D eigenvalue weighted by atomic mass is 10.1. The maximum Gasteiger partial charge on any atom is 0.134 e. The highest BCUT2D eigenvalue weighted by atomic mass is 79.9. The van der Waals surface area contributed by atoms with Gasteiger partial charge in [0.2, 0.25) is 0 Å². The Bertz CT molecular complexity index is 339. The van der Waals surface area contributed by atoms with Gasteiger partial charge in [0.1, 0.15) is 11.9 Å². The van der Waals surface area contributed by atoms with Gasteiger partial charge in [-0.2, -0.15) is 0 Å². The van der Waals surface area contributed by atoms with Gasteiger partial charge in [0.15, 0.2) is 0 Å². The van der Waals surface area contributed by atoms with Crippen molar-refractivity contribution in [2.24, 2.45) is 0 Å². The van der Waals surface area contributed by atoms with Gasteiger partial charge in [-0.1, -0.05) is 11.6 Å². The second-order valence-corrected chi connectivity index (χ2v) is 4.95. The lowest BCUT2D eigenvalue weighted by molar-refractivity contribution is 0.166. The van der Waals surface area contributed by atoms with Crippen LogP contribution >= 0.6 is 27.5 Å². The van der Waals surface area contributed by atoms with Crippen LogP contribution < -0.4 is 10.1 Å². The van der Waals surface area contributed by atoms with E-state index in [9.17, 15) is 0 Å². The lowest BCUT2D eigenvalue weighted by Crippen LogP contribution is -2.37. The van der Waals surface area contributed by atoms with Gasteiger partial charge in [0.25, 0.3) is 0 Å². The first-order valence-electron chi connectivity index (χ1n) is 5.08. The van der Waals surface area contributed by atoms with Crippen LogP contribution in [0.15, 0.2) is 22.7 Å². The monoisotopic (exact) mass is 289 g/mol. The molecule has 1 aromatic rings. The molecule has 1 heterocycles. The normalized spacial score (nSPS) is 21.3. The second kappa shape index (κ2) is 5.19. The molecule has 0 aromatic heterocycles. The van der Waals surface area contributed by atoms with E-state index in [2.05, 4.69) is 21.2 Å². The number of halogens is 2. The number of nitrogens with one attached hydrogen (secondary N) is 1. The Morgan fingerprint density at radius 3 is 3.00 bits per heavy atom. The zero-order chi connectivity index (χ0) is 10.7. The van der Waals surface area contributed by atoms with Crippen LogP contribution in [-0.4, -0.2) is 19.2 Å². The zero-order valence-corrected chi connectivity index (χ0v) is 10.6. The number of ether oxygens (including phenoxy) is 1. The van der Waals surface area contributed by atoms with Crippen molar-refractivity contribution in [3.05, 3.63) is 27.7 Å². The molecule has 1 N–H and O–H groups in total. The van der Waals surface area contributed by atoms with Crippen LogP contribution in [0.25, 0.3) is 0 Å². The quantitative estimate of drug-likeness (QED) is 0.903. The Labute approximate surface area is 103 Å². The molecule has 4 heteroatoms. The van der Waals surface area contributed by atoms with E-state index in [4.69, 9.17) is 16.3 Å². The summed E-state index contributed by atoms with van der Waals surface area (Å²) in [6.07, 6.45) is 2.56. The molecule has 1 aliphatic rings. The van der Waals surface area contributed by atoms with Gasteiger partial charge in [-0.05, 0) is 53.5 Å². The molecule has 15 heavy (non-hydrogen) atoms. The summed E-state index contributed by atoms with van der Waals surface area (Å²) in [4.78, 5) is 0. The first-order valence-corrected chi connectivity index (χ1v) is 6.25. The predicted octanol–water partition coefficient (Wildman–Crippen LogP) is 3.23. The number of hydrogen-bond acceptors (Lipinski definition) is 2. The fourth-order valence-corrected chi connectivity index (χ4v) is 2.45. The van der Waals surface area contributed by atoms with Crippen molar-refractivity contribution in [3.8, 4) is 5.75 Å². The molecule has 0 unspecified atom stereocenters. The summed E-state index contributed by atoms with van der Waals surface area (Å²) in [5.41, 5.74) is 0. The van der Waals surface area contributed by atoms with E-state index in [-0.39, 0.29) is 6.10 Å². The Hall–Kier alpha value is -0.250. The maximum atomic E-state index is 5.87. The van der Waals surface area contributed by atoms with Gasteiger partial charge in [0.05, 0.1) is 4.47 Å². The highest BCUT2D eigenvalue weighted by molar-refractivity contribution is 9.10. The van der Waals surface area contributed by atoms with Gasteiger partial charge < -0.3 is 10.1 Å². The lowest BCUT2D eigenvalue weighted by Gasteiger charge is -2.24. The molecule has 1 aliphatic heterocycles. The molecule has 2 rings (SSSR count).